The van der Waals surface area contributed by atoms with Gasteiger partial charge in [0.2, 0.25) is 0 Å². The molecule has 0 bridgehead atoms. The van der Waals surface area contributed by atoms with Gasteiger partial charge < -0.3 is 15.5 Å². The number of rotatable bonds is 5. The fourth-order valence-electron chi connectivity index (χ4n) is 2.57. The molecule has 104 valence electrons. The second kappa shape index (κ2) is 6.41. The van der Waals surface area contributed by atoms with Crippen LogP contribution in [0.4, 0.5) is 0 Å². The molecule has 4 unspecified atom stereocenters. The zero-order valence-electron chi connectivity index (χ0n) is 10.6. The number of carboxylic acid groups (broad SMARTS) is 1. The molecule has 1 aromatic rings. The molecule has 0 heterocycles. The van der Waals surface area contributed by atoms with Crippen LogP contribution in [-0.2, 0) is 4.79 Å². The summed E-state index contributed by atoms with van der Waals surface area (Å²) in [5, 5.41) is 21.9. The van der Waals surface area contributed by atoms with Crippen LogP contribution < -0.4 is 5.32 Å². The van der Waals surface area contributed by atoms with Crippen LogP contribution in [0.1, 0.15) is 23.7 Å². The van der Waals surface area contributed by atoms with Crippen molar-refractivity contribution in [2.24, 2.45) is 5.92 Å². The Balaban J connectivity index is 1.89. The number of hydrogen-bond acceptors (Lipinski definition) is 4. The van der Waals surface area contributed by atoms with Gasteiger partial charge >= 0.3 is 5.97 Å². The van der Waals surface area contributed by atoms with E-state index in [4.69, 9.17) is 5.11 Å². The molecule has 19 heavy (non-hydrogen) atoms. The summed E-state index contributed by atoms with van der Waals surface area (Å²) in [7, 11) is 0. The molecule has 0 spiro atoms. The smallest absolute Gasteiger partial charge is 0.308 e. The normalized spacial score (nSPS) is 28.2. The summed E-state index contributed by atoms with van der Waals surface area (Å²) >= 11 is 4.52. The molecule has 0 radical (unpaired) electrons. The molecule has 0 amide bonds. The number of aliphatic carboxylic acids is 1. The van der Waals surface area contributed by atoms with Gasteiger partial charge in [0.15, 0.2) is 0 Å². The van der Waals surface area contributed by atoms with E-state index in [1.807, 2.05) is 30.3 Å². The number of carbonyl (C=O) groups is 1. The van der Waals surface area contributed by atoms with Gasteiger partial charge in [-0.15, -0.1) is 0 Å². The van der Waals surface area contributed by atoms with Crippen LogP contribution >= 0.6 is 12.6 Å². The molecule has 1 aromatic carbocycles. The van der Waals surface area contributed by atoms with E-state index in [0.717, 1.165) is 5.56 Å². The van der Waals surface area contributed by atoms with E-state index >= 15 is 0 Å². The Kier molecular flexibility index (Phi) is 4.85. The summed E-state index contributed by atoms with van der Waals surface area (Å²) in [6.07, 6.45) is 0.302. The maximum atomic E-state index is 11.1. The first kappa shape index (κ1) is 14.4. The zero-order chi connectivity index (χ0) is 13.8. The molecule has 4 nitrogen and oxygen atoms in total. The van der Waals surface area contributed by atoms with Gasteiger partial charge in [-0.1, -0.05) is 30.3 Å². The first-order valence-electron chi connectivity index (χ1n) is 6.45. The number of thiol groups is 1. The molecule has 1 fully saturated rings. The standard InChI is InChI=1S/C14H19NO3S/c16-10-6-11(14(17)18)12(7-10)15-8-13(19)9-4-2-1-3-5-9/h1-5,10-13,15-16,19H,6-8H2,(H,17,18). The predicted molar refractivity (Wildman–Crippen MR) is 76.3 cm³/mol. The number of aliphatic hydroxyl groups excluding tert-OH is 1. The van der Waals surface area contributed by atoms with Crippen molar-refractivity contribution in [3.8, 4) is 0 Å². The fraction of sp³-hybridized carbons (Fsp3) is 0.500. The Morgan fingerprint density at radius 2 is 2.05 bits per heavy atom. The highest BCUT2D eigenvalue weighted by Gasteiger charge is 2.37. The van der Waals surface area contributed by atoms with Gasteiger partial charge in [0.05, 0.1) is 12.0 Å². The van der Waals surface area contributed by atoms with Crippen molar-refractivity contribution in [2.75, 3.05) is 6.54 Å². The van der Waals surface area contributed by atoms with Gasteiger partial charge in [0, 0.05) is 17.8 Å². The molecule has 0 aliphatic heterocycles. The Bertz CT molecular complexity index is 426. The third kappa shape index (κ3) is 3.72. The molecule has 4 atom stereocenters. The van der Waals surface area contributed by atoms with Gasteiger partial charge in [-0.05, 0) is 18.4 Å². The van der Waals surface area contributed by atoms with E-state index in [1.54, 1.807) is 0 Å². The van der Waals surface area contributed by atoms with Crippen molar-refractivity contribution in [1.82, 2.24) is 5.32 Å². The van der Waals surface area contributed by atoms with Crippen LogP contribution in [-0.4, -0.2) is 34.9 Å². The average Bonchev–Trinajstić information content (AvgIpc) is 2.78. The topological polar surface area (TPSA) is 69.6 Å². The second-order valence-electron chi connectivity index (χ2n) is 5.01. The molecule has 1 aliphatic rings. The monoisotopic (exact) mass is 281 g/mol. The lowest BCUT2D eigenvalue weighted by Crippen LogP contribution is -2.38. The third-order valence-corrected chi connectivity index (χ3v) is 4.09. The lowest BCUT2D eigenvalue weighted by Gasteiger charge is -2.20. The van der Waals surface area contributed by atoms with E-state index in [2.05, 4.69) is 17.9 Å². The maximum absolute atomic E-state index is 11.1. The molecule has 2 rings (SSSR count). The molecule has 0 saturated heterocycles. The minimum absolute atomic E-state index is 0.0217. The summed E-state index contributed by atoms with van der Waals surface area (Å²) in [6, 6.07) is 9.68. The molecular formula is C14H19NO3S. The highest BCUT2D eigenvalue weighted by molar-refractivity contribution is 7.80. The third-order valence-electron chi connectivity index (χ3n) is 3.61. The van der Waals surface area contributed by atoms with E-state index in [-0.39, 0.29) is 11.3 Å². The molecule has 5 heteroatoms. The van der Waals surface area contributed by atoms with E-state index in [9.17, 15) is 9.90 Å². The number of aliphatic hydroxyl groups is 1. The lowest BCUT2D eigenvalue weighted by atomic mass is 10.0. The van der Waals surface area contributed by atoms with Crippen molar-refractivity contribution in [3.63, 3.8) is 0 Å². The van der Waals surface area contributed by atoms with Crippen molar-refractivity contribution < 1.29 is 15.0 Å². The fourth-order valence-corrected chi connectivity index (χ4v) is 2.84. The molecular weight excluding hydrogens is 262 g/mol. The first-order chi connectivity index (χ1) is 9.08. The van der Waals surface area contributed by atoms with Crippen LogP contribution in [0.3, 0.4) is 0 Å². The second-order valence-corrected chi connectivity index (χ2v) is 5.63. The summed E-state index contributed by atoms with van der Waals surface area (Å²) in [5.41, 5.74) is 1.10. The van der Waals surface area contributed by atoms with Crippen molar-refractivity contribution in [3.05, 3.63) is 35.9 Å². The van der Waals surface area contributed by atoms with Gasteiger partial charge in [0.1, 0.15) is 0 Å². The Morgan fingerprint density at radius 3 is 2.68 bits per heavy atom. The number of carboxylic acids is 1. The lowest BCUT2D eigenvalue weighted by molar-refractivity contribution is -0.142. The van der Waals surface area contributed by atoms with Crippen LogP contribution in [0, 0.1) is 5.92 Å². The quantitative estimate of drug-likeness (QED) is 0.617. The van der Waals surface area contributed by atoms with Crippen LogP contribution in [0.2, 0.25) is 0 Å². The molecule has 0 aromatic heterocycles. The van der Waals surface area contributed by atoms with Crippen LogP contribution in [0.25, 0.3) is 0 Å². The van der Waals surface area contributed by atoms with E-state index in [0.29, 0.717) is 19.4 Å². The summed E-state index contributed by atoms with van der Waals surface area (Å²) in [6.45, 7) is 0.592. The highest BCUT2D eigenvalue weighted by Crippen LogP contribution is 2.27. The Morgan fingerprint density at radius 1 is 1.37 bits per heavy atom. The minimum atomic E-state index is -0.843. The van der Waals surface area contributed by atoms with Crippen molar-refractivity contribution >= 4 is 18.6 Å². The SMILES string of the molecule is O=C(O)C1CC(O)CC1NCC(S)c1ccccc1. The van der Waals surface area contributed by atoms with Crippen molar-refractivity contribution in [2.45, 2.75) is 30.2 Å². The first-order valence-corrected chi connectivity index (χ1v) is 6.97. The predicted octanol–water partition coefficient (Wildman–Crippen LogP) is 1.47. The molecule has 1 saturated carbocycles. The van der Waals surface area contributed by atoms with Crippen molar-refractivity contribution in [1.29, 1.82) is 0 Å². The van der Waals surface area contributed by atoms with Crippen LogP contribution in [0.5, 0.6) is 0 Å². The van der Waals surface area contributed by atoms with Gasteiger partial charge in [-0.3, -0.25) is 4.79 Å². The van der Waals surface area contributed by atoms with Gasteiger partial charge in [-0.2, -0.15) is 12.6 Å². The van der Waals surface area contributed by atoms with Gasteiger partial charge in [-0.25, -0.2) is 0 Å². The summed E-state index contributed by atoms with van der Waals surface area (Å²) < 4.78 is 0. The van der Waals surface area contributed by atoms with E-state index in [1.165, 1.54) is 0 Å². The number of nitrogens with one attached hydrogen (secondary N) is 1. The van der Waals surface area contributed by atoms with Gasteiger partial charge in [0.25, 0.3) is 0 Å². The highest BCUT2D eigenvalue weighted by atomic mass is 32.1. The number of hydrogen-bond donors (Lipinski definition) is 4. The number of benzene rings is 1. The van der Waals surface area contributed by atoms with E-state index < -0.39 is 18.0 Å². The summed E-state index contributed by atoms with van der Waals surface area (Å²) in [4.78, 5) is 11.1. The largest absolute Gasteiger partial charge is 0.481 e. The Hall–Kier alpha value is -1.04. The maximum Gasteiger partial charge on any atom is 0.308 e. The average molecular weight is 281 g/mol. The summed E-state index contributed by atoms with van der Waals surface area (Å²) in [5.74, 6) is -1.35. The van der Waals surface area contributed by atoms with Crippen LogP contribution in [0.15, 0.2) is 30.3 Å². The Labute approximate surface area is 118 Å². The molecule has 3 N–H and O–H groups in total. The zero-order valence-corrected chi connectivity index (χ0v) is 11.5. The molecule has 1 aliphatic carbocycles. The minimum Gasteiger partial charge on any atom is -0.481 e.